The number of carbonyl (C=O) groups is 1. The van der Waals surface area contributed by atoms with Crippen LogP contribution >= 0.6 is 0 Å². The molecule has 0 fully saturated rings. The summed E-state index contributed by atoms with van der Waals surface area (Å²) in [6, 6.07) is 11.2. The van der Waals surface area contributed by atoms with Gasteiger partial charge in [0, 0.05) is 25.2 Å². The van der Waals surface area contributed by atoms with Gasteiger partial charge in [0.25, 0.3) is 0 Å². The Morgan fingerprint density at radius 2 is 1.91 bits per heavy atom. The largest absolute Gasteiger partial charge is 0.483 e. The predicted octanol–water partition coefficient (Wildman–Crippen LogP) is 2.99. The SMILES string of the molecule is Cc1c(OCc2ccccc2)c(=O)ccn1CCCCC(=O)O. The Kier molecular flexibility index (Phi) is 5.97. The number of hydrogen-bond donors (Lipinski definition) is 1. The van der Waals surface area contributed by atoms with Crippen LogP contribution in [0, 0.1) is 6.92 Å². The van der Waals surface area contributed by atoms with Crippen molar-refractivity contribution in [2.24, 2.45) is 0 Å². The summed E-state index contributed by atoms with van der Waals surface area (Å²) in [4.78, 5) is 22.5. The molecule has 1 aromatic carbocycles. The third-order valence-electron chi connectivity index (χ3n) is 3.65. The predicted molar refractivity (Wildman–Crippen MR) is 87.7 cm³/mol. The Hall–Kier alpha value is -2.56. The summed E-state index contributed by atoms with van der Waals surface area (Å²) in [5, 5.41) is 8.66. The Morgan fingerprint density at radius 1 is 1.17 bits per heavy atom. The number of nitrogens with zero attached hydrogens (tertiary/aromatic N) is 1. The van der Waals surface area contributed by atoms with E-state index < -0.39 is 5.97 Å². The van der Waals surface area contributed by atoms with Crippen LogP contribution in [-0.2, 0) is 17.9 Å². The maximum atomic E-state index is 12.0. The maximum absolute atomic E-state index is 12.0. The standard InChI is InChI=1S/C18H21NO4/c1-14-18(23-13-15-7-3-2-4-8-15)16(20)10-12-19(14)11-6-5-9-17(21)22/h2-4,7-8,10,12H,5-6,9,11,13H2,1H3,(H,21,22). The minimum atomic E-state index is -0.784. The first-order valence-electron chi connectivity index (χ1n) is 7.66. The van der Waals surface area contributed by atoms with Gasteiger partial charge in [-0.05, 0) is 25.3 Å². The van der Waals surface area contributed by atoms with Gasteiger partial charge < -0.3 is 14.4 Å². The topological polar surface area (TPSA) is 68.5 Å². The van der Waals surface area contributed by atoms with Crippen LogP contribution in [0.3, 0.4) is 0 Å². The van der Waals surface area contributed by atoms with E-state index in [0.29, 0.717) is 25.3 Å². The highest BCUT2D eigenvalue weighted by molar-refractivity contribution is 5.66. The molecule has 122 valence electrons. The molecule has 0 bridgehead atoms. The van der Waals surface area contributed by atoms with Gasteiger partial charge >= 0.3 is 5.97 Å². The van der Waals surface area contributed by atoms with Crippen molar-refractivity contribution in [3.8, 4) is 5.75 Å². The van der Waals surface area contributed by atoms with Gasteiger partial charge in [0.1, 0.15) is 6.61 Å². The molecule has 0 saturated heterocycles. The van der Waals surface area contributed by atoms with E-state index in [-0.39, 0.29) is 11.8 Å². The van der Waals surface area contributed by atoms with E-state index in [4.69, 9.17) is 9.84 Å². The number of rotatable bonds is 8. The quantitative estimate of drug-likeness (QED) is 0.760. The van der Waals surface area contributed by atoms with Crippen molar-refractivity contribution in [2.75, 3.05) is 0 Å². The summed E-state index contributed by atoms with van der Waals surface area (Å²) in [5.41, 5.74) is 1.63. The van der Waals surface area contributed by atoms with E-state index in [0.717, 1.165) is 17.7 Å². The molecule has 0 unspecified atom stereocenters. The lowest BCUT2D eigenvalue weighted by atomic mass is 10.2. The maximum Gasteiger partial charge on any atom is 0.303 e. The molecule has 0 saturated carbocycles. The fourth-order valence-corrected chi connectivity index (χ4v) is 2.36. The van der Waals surface area contributed by atoms with Crippen LogP contribution in [0.2, 0.25) is 0 Å². The van der Waals surface area contributed by atoms with Crippen molar-refractivity contribution in [2.45, 2.75) is 39.3 Å². The van der Waals surface area contributed by atoms with Crippen LogP contribution in [0.5, 0.6) is 5.75 Å². The fraction of sp³-hybridized carbons (Fsp3) is 0.333. The van der Waals surface area contributed by atoms with Crippen molar-refractivity contribution in [1.29, 1.82) is 0 Å². The number of carboxylic acids is 1. The number of pyridine rings is 1. The van der Waals surface area contributed by atoms with E-state index in [2.05, 4.69) is 0 Å². The Balaban J connectivity index is 2.03. The van der Waals surface area contributed by atoms with Gasteiger partial charge in [0.2, 0.25) is 5.43 Å². The summed E-state index contributed by atoms with van der Waals surface area (Å²) < 4.78 is 7.65. The molecule has 0 spiro atoms. The number of ether oxygens (including phenoxy) is 1. The highest BCUT2D eigenvalue weighted by Gasteiger charge is 2.09. The van der Waals surface area contributed by atoms with Gasteiger partial charge in [-0.1, -0.05) is 30.3 Å². The van der Waals surface area contributed by atoms with E-state index in [1.165, 1.54) is 6.07 Å². The molecule has 23 heavy (non-hydrogen) atoms. The highest BCUT2D eigenvalue weighted by Crippen LogP contribution is 2.15. The summed E-state index contributed by atoms with van der Waals surface area (Å²) in [6.45, 7) is 2.86. The van der Waals surface area contributed by atoms with E-state index in [1.54, 1.807) is 6.20 Å². The molecule has 2 rings (SSSR count). The number of hydrogen-bond acceptors (Lipinski definition) is 3. The molecule has 1 N–H and O–H groups in total. The average Bonchev–Trinajstić information content (AvgIpc) is 2.54. The molecular formula is C18H21NO4. The van der Waals surface area contributed by atoms with Crippen molar-refractivity contribution in [3.05, 3.63) is 64.1 Å². The molecule has 0 atom stereocenters. The van der Waals surface area contributed by atoms with Crippen LogP contribution in [0.4, 0.5) is 0 Å². The van der Waals surface area contributed by atoms with E-state index in [1.807, 2.05) is 41.8 Å². The number of carboxylic acid groups (broad SMARTS) is 1. The van der Waals surface area contributed by atoms with Crippen LogP contribution < -0.4 is 10.2 Å². The summed E-state index contributed by atoms with van der Waals surface area (Å²) >= 11 is 0. The van der Waals surface area contributed by atoms with Gasteiger partial charge in [0.05, 0.1) is 5.69 Å². The molecule has 1 heterocycles. The zero-order valence-electron chi connectivity index (χ0n) is 13.2. The van der Waals surface area contributed by atoms with Crippen molar-refractivity contribution in [1.82, 2.24) is 4.57 Å². The fourth-order valence-electron chi connectivity index (χ4n) is 2.36. The second-order valence-electron chi connectivity index (χ2n) is 5.41. The van der Waals surface area contributed by atoms with Crippen molar-refractivity contribution < 1.29 is 14.6 Å². The van der Waals surface area contributed by atoms with Gasteiger partial charge in [-0.15, -0.1) is 0 Å². The van der Waals surface area contributed by atoms with E-state index in [9.17, 15) is 9.59 Å². The third kappa shape index (κ3) is 4.98. The van der Waals surface area contributed by atoms with Gasteiger partial charge in [-0.25, -0.2) is 0 Å². The lowest BCUT2D eigenvalue weighted by Gasteiger charge is -2.14. The van der Waals surface area contributed by atoms with Crippen molar-refractivity contribution in [3.63, 3.8) is 0 Å². The van der Waals surface area contributed by atoms with Crippen LogP contribution in [0.15, 0.2) is 47.4 Å². The second-order valence-corrected chi connectivity index (χ2v) is 5.41. The molecule has 1 aromatic heterocycles. The molecule has 0 radical (unpaired) electrons. The highest BCUT2D eigenvalue weighted by atomic mass is 16.5. The summed E-state index contributed by atoms with van der Waals surface area (Å²) in [7, 11) is 0. The third-order valence-corrected chi connectivity index (χ3v) is 3.65. The molecule has 0 aliphatic heterocycles. The number of benzene rings is 1. The average molecular weight is 315 g/mol. The van der Waals surface area contributed by atoms with E-state index >= 15 is 0 Å². The normalized spacial score (nSPS) is 10.5. The van der Waals surface area contributed by atoms with Crippen LogP contribution in [-0.4, -0.2) is 15.6 Å². The zero-order chi connectivity index (χ0) is 16.7. The molecule has 0 aliphatic carbocycles. The summed E-state index contributed by atoms with van der Waals surface area (Å²) in [6.07, 6.45) is 3.25. The first-order chi connectivity index (χ1) is 11.1. The minimum absolute atomic E-state index is 0.139. The lowest BCUT2D eigenvalue weighted by Crippen LogP contribution is -2.15. The molecule has 5 heteroatoms. The van der Waals surface area contributed by atoms with Crippen molar-refractivity contribution >= 4 is 5.97 Å². The monoisotopic (exact) mass is 315 g/mol. The molecule has 2 aromatic rings. The Morgan fingerprint density at radius 3 is 2.61 bits per heavy atom. The Labute approximate surface area is 135 Å². The van der Waals surface area contributed by atoms with Gasteiger partial charge in [-0.3, -0.25) is 9.59 Å². The molecule has 5 nitrogen and oxygen atoms in total. The molecule has 0 aliphatic rings. The smallest absolute Gasteiger partial charge is 0.303 e. The van der Waals surface area contributed by atoms with Gasteiger partial charge in [0.15, 0.2) is 5.75 Å². The first-order valence-corrected chi connectivity index (χ1v) is 7.66. The Bertz CT molecular complexity index is 707. The minimum Gasteiger partial charge on any atom is -0.483 e. The molecule has 0 amide bonds. The van der Waals surface area contributed by atoms with Crippen LogP contribution in [0.25, 0.3) is 0 Å². The van der Waals surface area contributed by atoms with Gasteiger partial charge in [-0.2, -0.15) is 0 Å². The number of aromatic nitrogens is 1. The zero-order valence-corrected chi connectivity index (χ0v) is 13.2. The number of aryl methyl sites for hydroxylation is 1. The second kappa shape index (κ2) is 8.17. The first kappa shape index (κ1) is 16.8. The van der Waals surface area contributed by atoms with Crippen LogP contribution in [0.1, 0.15) is 30.5 Å². The summed E-state index contributed by atoms with van der Waals surface area (Å²) in [5.74, 6) is -0.428. The molecular weight excluding hydrogens is 294 g/mol. The number of unbranched alkanes of at least 4 members (excludes halogenated alkanes) is 1. The lowest BCUT2D eigenvalue weighted by molar-refractivity contribution is -0.137. The number of aliphatic carboxylic acids is 1.